The minimum Gasteiger partial charge on any atom is -0.321 e. The predicted molar refractivity (Wildman–Crippen MR) is 101 cm³/mol. The normalized spacial score (nSPS) is 12.7. The van der Waals surface area contributed by atoms with Crippen LogP contribution in [0.5, 0.6) is 0 Å². The average Bonchev–Trinajstić information content (AvgIpc) is 2.90. The van der Waals surface area contributed by atoms with Crippen LogP contribution >= 0.6 is 11.6 Å². The Morgan fingerprint density at radius 1 is 1.12 bits per heavy atom. The molecular weight excluding hydrogens is 336 g/mol. The smallest absolute Gasteiger partial charge is 0.258 e. The van der Waals surface area contributed by atoms with Crippen molar-refractivity contribution in [3.05, 3.63) is 70.7 Å². The summed E-state index contributed by atoms with van der Waals surface area (Å²) in [5.41, 5.74) is 2.73. The van der Waals surface area contributed by atoms with Gasteiger partial charge in [-0.1, -0.05) is 29.8 Å². The molecule has 0 spiro atoms. The van der Waals surface area contributed by atoms with E-state index in [-0.39, 0.29) is 11.8 Å². The Morgan fingerprint density at radius 3 is 2.68 bits per heavy atom. The quantitative estimate of drug-likeness (QED) is 0.742. The molecule has 1 aliphatic rings. The highest BCUT2D eigenvalue weighted by atomic mass is 35.5. The largest absolute Gasteiger partial charge is 0.321 e. The molecule has 0 radical (unpaired) electrons. The van der Waals surface area contributed by atoms with Crippen LogP contribution in [0.15, 0.2) is 54.6 Å². The Labute approximate surface area is 150 Å². The zero-order chi connectivity index (χ0) is 17.6. The minimum absolute atomic E-state index is 0.00131. The lowest BCUT2D eigenvalue weighted by Crippen LogP contribution is -2.25. The van der Waals surface area contributed by atoms with Gasteiger partial charge in [-0.3, -0.25) is 9.59 Å². The van der Waals surface area contributed by atoms with Crippen molar-refractivity contribution in [2.75, 3.05) is 16.8 Å². The number of anilines is 2. The molecule has 0 unspecified atom stereocenters. The van der Waals surface area contributed by atoms with E-state index in [1.54, 1.807) is 29.2 Å². The van der Waals surface area contributed by atoms with Crippen molar-refractivity contribution < 1.29 is 9.59 Å². The van der Waals surface area contributed by atoms with Gasteiger partial charge in [-0.15, -0.1) is 0 Å². The number of halogens is 1. The number of amides is 2. The summed E-state index contributed by atoms with van der Waals surface area (Å²) >= 11 is 5.96. The molecule has 0 aromatic heterocycles. The molecule has 0 bridgehead atoms. The van der Waals surface area contributed by atoms with Crippen molar-refractivity contribution in [2.24, 2.45) is 0 Å². The van der Waals surface area contributed by atoms with E-state index in [1.807, 2.05) is 37.3 Å². The fourth-order valence-corrected chi connectivity index (χ4v) is 3.48. The van der Waals surface area contributed by atoms with Crippen molar-refractivity contribution in [2.45, 2.75) is 6.92 Å². The number of rotatable bonds is 3. The second kappa shape index (κ2) is 5.90. The lowest BCUT2D eigenvalue weighted by molar-refractivity contribution is 0.0992. The maximum Gasteiger partial charge on any atom is 0.258 e. The van der Waals surface area contributed by atoms with Crippen LogP contribution in [0.4, 0.5) is 11.4 Å². The molecule has 5 heteroatoms. The van der Waals surface area contributed by atoms with Crippen LogP contribution in [-0.4, -0.2) is 18.4 Å². The number of carbonyl (C=O) groups is 2. The number of hydrogen-bond donors (Lipinski definition) is 1. The summed E-state index contributed by atoms with van der Waals surface area (Å²) in [7, 11) is 0. The number of nitrogens with one attached hydrogen (secondary N) is 1. The molecule has 4 nitrogen and oxygen atoms in total. The van der Waals surface area contributed by atoms with Crippen LogP contribution < -0.4 is 10.2 Å². The van der Waals surface area contributed by atoms with Crippen LogP contribution in [0.25, 0.3) is 10.8 Å². The van der Waals surface area contributed by atoms with Crippen LogP contribution in [-0.2, 0) is 0 Å². The molecule has 0 atom stereocenters. The summed E-state index contributed by atoms with van der Waals surface area (Å²) in [5, 5.41) is 5.19. The van der Waals surface area contributed by atoms with E-state index in [2.05, 4.69) is 5.32 Å². The van der Waals surface area contributed by atoms with Gasteiger partial charge in [-0.05, 0) is 43.3 Å². The predicted octanol–water partition coefficient (Wildman–Crippen LogP) is 4.73. The first-order valence-electron chi connectivity index (χ1n) is 8.04. The molecule has 2 amide bonds. The van der Waals surface area contributed by atoms with Crippen molar-refractivity contribution in [3.8, 4) is 0 Å². The van der Waals surface area contributed by atoms with E-state index in [4.69, 9.17) is 11.6 Å². The SMILES string of the molecule is CCN1C(=O)c2cccc3c(NC(=O)c4cccc(Cl)c4)ccc1c23. The highest BCUT2D eigenvalue weighted by Gasteiger charge is 2.29. The topological polar surface area (TPSA) is 49.4 Å². The number of hydrogen-bond acceptors (Lipinski definition) is 2. The summed E-state index contributed by atoms with van der Waals surface area (Å²) in [6.45, 7) is 2.56. The molecule has 0 aliphatic carbocycles. The van der Waals surface area contributed by atoms with E-state index in [1.165, 1.54) is 0 Å². The second-order valence-electron chi connectivity index (χ2n) is 5.87. The van der Waals surface area contributed by atoms with Gasteiger partial charge in [0.25, 0.3) is 11.8 Å². The number of carbonyl (C=O) groups excluding carboxylic acids is 2. The Kier molecular flexibility index (Phi) is 3.70. The molecule has 3 aromatic carbocycles. The lowest BCUT2D eigenvalue weighted by atomic mass is 10.0. The first kappa shape index (κ1) is 15.7. The fraction of sp³-hybridized carbons (Fsp3) is 0.100. The molecule has 1 aliphatic heterocycles. The zero-order valence-corrected chi connectivity index (χ0v) is 14.3. The van der Waals surface area contributed by atoms with Gasteiger partial charge in [-0.2, -0.15) is 0 Å². The van der Waals surface area contributed by atoms with Crippen LogP contribution in [0.1, 0.15) is 27.6 Å². The van der Waals surface area contributed by atoms with Gasteiger partial charge in [0.1, 0.15) is 0 Å². The summed E-state index contributed by atoms with van der Waals surface area (Å²) in [6, 6.07) is 16.1. The fourth-order valence-electron chi connectivity index (χ4n) is 3.29. The monoisotopic (exact) mass is 350 g/mol. The van der Waals surface area contributed by atoms with E-state index in [9.17, 15) is 9.59 Å². The average molecular weight is 351 g/mol. The molecular formula is C20H15ClN2O2. The van der Waals surface area contributed by atoms with Gasteiger partial charge in [0.15, 0.2) is 0 Å². The molecule has 1 heterocycles. The minimum atomic E-state index is -0.236. The highest BCUT2D eigenvalue weighted by Crippen LogP contribution is 2.40. The molecule has 25 heavy (non-hydrogen) atoms. The lowest BCUT2D eigenvalue weighted by Gasteiger charge is -2.15. The summed E-state index contributed by atoms with van der Waals surface area (Å²) in [4.78, 5) is 26.8. The van der Waals surface area contributed by atoms with Crippen molar-refractivity contribution in [1.82, 2.24) is 0 Å². The zero-order valence-electron chi connectivity index (χ0n) is 13.5. The summed E-state index contributed by atoms with van der Waals surface area (Å²) in [6.07, 6.45) is 0. The van der Waals surface area contributed by atoms with Crippen LogP contribution in [0.2, 0.25) is 5.02 Å². The van der Waals surface area contributed by atoms with Crippen LogP contribution in [0.3, 0.4) is 0 Å². The standard InChI is InChI=1S/C20H15ClN2O2/c1-2-23-17-10-9-16(14-7-4-8-15(18(14)17)20(23)25)22-19(24)12-5-3-6-13(21)11-12/h3-11H,2H2,1H3,(H,22,24). The molecule has 0 fully saturated rings. The maximum absolute atomic E-state index is 12.5. The Bertz CT molecular complexity index is 1030. The highest BCUT2D eigenvalue weighted by molar-refractivity contribution is 6.31. The van der Waals surface area contributed by atoms with Gasteiger partial charge < -0.3 is 10.2 Å². The van der Waals surface area contributed by atoms with Gasteiger partial charge in [0.2, 0.25) is 0 Å². The van der Waals surface area contributed by atoms with Crippen molar-refractivity contribution in [1.29, 1.82) is 0 Å². The van der Waals surface area contributed by atoms with Gasteiger partial charge in [0.05, 0.1) is 5.69 Å². The van der Waals surface area contributed by atoms with Gasteiger partial charge in [-0.25, -0.2) is 0 Å². The van der Waals surface area contributed by atoms with E-state index < -0.39 is 0 Å². The molecule has 0 saturated carbocycles. The maximum atomic E-state index is 12.5. The third-order valence-electron chi connectivity index (χ3n) is 4.44. The summed E-state index contributed by atoms with van der Waals surface area (Å²) in [5.74, 6) is -0.235. The molecule has 124 valence electrons. The first-order chi connectivity index (χ1) is 12.1. The first-order valence-corrected chi connectivity index (χ1v) is 8.42. The molecule has 0 saturated heterocycles. The number of benzene rings is 3. The van der Waals surface area contributed by atoms with Crippen LogP contribution in [0, 0.1) is 0 Å². The third kappa shape index (κ3) is 2.46. The van der Waals surface area contributed by atoms with Gasteiger partial charge >= 0.3 is 0 Å². The molecule has 1 N–H and O–H groups in total. The number of nitrogens with zero attached hydrogens (tertiary/aromatic N) is 1. The second-order valence-corrected chi connectivity index (χ2v) is 6.31. The molecule has 3 aromatic rings. The Morgan fingerprint density at radius 2 is 1.92 bits per heavy atom. The van der Waals surface area contributed by atoms with Crippen molar-refractivity contribution in [3.63, 3.8) is 0 Å². The van der Waals surface area contributed by atoms with E-state index >= 15 is 0 Å². The summed E-state index contributed by atoms with van der Waals surface area (Å²) < 4.78 is 0. The van der Waals surface area contributed by atoms with Gasteiger partial charge in [0, 0.05) is 39.2 Å². The Hall–Kier alpha value is -2.85. The van der Waals surface area contributed by atoms with E-state index in [0.717, 1.165) is 16.5 Å². The van der Waals surface area contributed by atoms with Crippen molar-refractivity contribution >= 4 is 45.6 Å². The third-order valence-corrected chi connectivity index (χ3v) is 4.67. The van der Waals surface area contributed by atoms with E-state index in [0.29, 0.717) is 28.4 Å². The molecule has 4 rings (SSSR count). The Balaban J connectivity index is 1.79.